The Hall–Kier alpha value is -1.40. The van der Waals surface area contributed by atoms with Gasteiger partial charge in [0.15, 0.2) is 0 Å². The molecular formula is C13H22N4O2. The third-order valence-electron chi connectivity index (χ3n) is 3.06. The highest BCUT2D eigenvalue weighted by atomic mass is 16.5. The molecule has 3 atom stereocenters. The van der Waals surface area contributed by atoms with Crippen LogP contribution in [-0.4, -0.2) is 40.9 Å². The Morgan fingerprint density at radius 2 is 2.26 bits per heavy atom. The SMILES string of the molecule is CCOC1CC(N)C1Nc1cc(OC(C)C)ncn1. The fourth-order valence-corrected chi connectivity index (χ4v) is 2.12. The molecule has 0 radical (unpaired) electrons. The summed E-state index contributed by atoms with van der Waals surface area (Å²) in [5.41, 5.74) is 5.99. The smallest absolute Gasteiger partial charge is 0.218 e. The van der Waals surface area contributed by atoms with Gasteiger partial charge < -0.3 is 20.5 Å². The lowest BCUT2D eigenvalue weighted by Crippen LogP contribution is -2.60. The van der Waals surface area contributed by atoms with E-state index < -0.39 is 0 Å². The van der Waals surface area contributed by atoms with Gasteiger partial charge in [0.25, 0.3) is 0 Å². The monoisotopic (exact) mass is 266 g/mol. The molecule has 1 aromatic heterocycles. The number of nitrogens with zero attached hydrogens (tertiary/aromatic N) is 2. The average Bonchev–Trinajstić information content (AvgIpc) is 2.36. The van der Waals surface area contributed by atoms with Crippen LogP contribution in [0, 0.1) is 0 Å². The second-order valence-electron chi connectivity index (χ2n) is 4.97. The summed E-state index contributed by atoms with van der Waals surface area (Å²) >= 11 is 0. The van der Waals surface area contributed by atoms with Gasteiger partial charge in [-0.05, 0) is 27.2 Å². The van der Waals surface area contributed by atoms with Crippen molar-refractivity contribution in [2.24, 2.45) is 5.73 Å². The first-order valence-corrected chi connectivity index (χ1v) is 6.72. The highest BCUT2D eigenvalue weighted by molar-refractivity contribution is 5.40. The molecule has 3 unspecified atom stereocenters. The van der Waals surface area contributed by atoms with Crippen LogP contribution in [0.1, 0.15) is 27.2 Å². The molecule has 0 spiro atoms. The Balaban J connectivity index is 1.98. The van der Waals surface area contributed by atoms with Crippen LogP contribution in [0.5, 0.6) is 5.88 Å². The van der Waals surface area contributed by atoms with Crippen LogP contribution < -0.4 is 15.8 Å². The summed E-state index contributed by atoms with van der Waals surface area (Å²) in [6.07, 6.45) is 2.61. The molecule has 6 nitrogen and oxygen atoms in total. The van der Waals surface area contributed by atoms with Gasteiger partial charge in [0.2, 0.25) is 5.88 Å². The molecule has 0 bridgehead atoms. The lowest BCUT2D eigenvalue weighted by molar-refractivity contribution is -0.0127. The zero-order valence-electron chi connectivity index (χ0n) is 11.7. The van der Waals surface area contributed by atoms with Crippen molar-refractivity contribution in [1.29, 1.82) is 0 Å². The molecule has 0 aromatic carbocycles. The molecule has 0 saturated heterocycles. The van der Waals surface area contributed by atoms with E-state index in [1.807, 2.05) is 20.8 Å². The zero-order valence-corrected chi connectivity index (χ0v) is 11.7. The highest BCUT2D eigenvalue weighted by Crippen LogP contribution is 2.26. The van der Waals surface area contributed by atoms with Crippen molar-refractivity contribution in [3.05, 3.63) is 12.4 Å². The van der Waals surface area contributed by atoms with Gasteiger partial charge in [0.1, 0.15) is 12.1 Å². The fourth-order valence-electron chi connectivity index (χ4n) is 2.12. The van der Waals surface area contributed by atoms with Gasteiger partial charge in [-0.15, -0.1) is 0 Å². The van der Waals surface area contributed by atoms with Crippen molar-refractivity contribution in [1.82, 2.24) is 9.97 Å². The van der Waals surface area contributed by atoms with Crippen LogP contribution in [0.2, 0.25) is 0 Å². The fraction of sp³-hybridized carbons (Fsp3) is 0.692. The summed E-state index contributed by atoms with van der Waals surface area (Å²) in [6.45, 7) is 6.60. The lowest BCUT2D eigenvalue weighted by atomic mass is 9.83. The Morgan fingerprint density at radius 1 is 1.47 bits per heavy atom. The summed E-state index contributed by atoms with van der Waals surface area (Å²) < 4.78 is 11.1. The average molecular weight is 266 g/mol. The van der Waals surface area contributed by atoms with Crippen LogP contribution in [-0.2, 0) is 4.74 Å². The summed E-state index contributed by atoms with van der Waals surface area (Å²) in [6, 6.07) is 1.98. The van der Waals surface area contributed by atoms with Crippen molar-refractivity contribution in [3.8, 4) is 5.88 Å². The highest BCUT2D eigenvalue weighted by Gasteiger charge is 2.39. The van der Waals surface area contributed by atoms with Crippen molar-refractivity contribution < 1.29 is 9.47 Å². The minimum atomic E-state index is 0.0879. The van der Waals surface area contributed by atoms with E-state index in [9.17, 15) is 0 Å². The Labute approximate surface area is 113 Å². The van der Waals surface area contributed by atoms with E-state index in [-0.39, 0.29) is 24.3 Å². The molecule has 1 aromatic rings. The largest absolute Gasteiger partial charge is 0.475 e. The quantitative estimate of drug-likeness (QED) is 0.804. The minimum Gasteiger partial charge on any atom is -0.475 e. The molecule has 1 heterocycles. The molecule has 1 aliphatic carbocycles. The molecule has 2 rings (SSSR count). The van der Waals surface area contributed by atoms with E-state index in [4.69, 9.17) is 15.2 Å². The van der Waals surface area contributed by atoms with Crippen molar-refractivity contribution in [3.63, 3.8) is 0 Å². The van der Waals surface area contributed by atoms with Crippen LogP contribution in [0.25, 0.3) is 0 Å². The number of rotatable bonds is 6. The number of hydrogen-bond acceptors (Lipinski definition) is 6. The molecule has 0 aliphatic heterocycles. The third kappa shape index (κ3) is 3.54. The van der Waals surface area contributed by atoms with Gasteiger partial charge >= 0.3 is 0 Å². The molecule has 19 heavy (non-hydrogen) atoms. The molecule has 1 saturated carbocycles. The first kappa shape index (κ1) is 14.0. The van der Waals surface area contributed by atoms with Crippen molar-refractivity contribution in [2.75, 3.05) is 11.9 Å². The summed E-state index contributed by atoms with van der Waals surface area (Å²) in [7, 11) is 0. The number of hydrogen-bond donors (Lipinski definition) is 2. The van der Waals surface area contributed by atoms with E-state index >= 15 is 0 Å². The van der Waals surface area contributed by atoms with E-state index in [1.54, 1.807) is 6.07 Å². The molecule has 0 amide bonds. The second-order valence-corrected chi connectivity index (χ2v) is 4.97. The zero-order chi connectivity index (χ0) is 13.8. The van der Waals surface area contributed by atoms with Gasteiger partial charge in [0, 0.05) is 18.7 Å². The maximum atomic E-state index is 5.99. The number of ether oxygens (including phenoxy) is 2. The predicted molar refractivity (Wildman–Crippen MR) is 73.2 cm³/mol. The van der Waals surface area contributed by atoms with Crippen LogP contribution >= 0.6 is 0 Å². The topological polar surface area (TPSA) is 82.3 Å². The summed E-state index contributed by atoms with van der Waals surface area (Å²) in [5, 5.41) is 3.30. The first-order chi connectivity index (χ1) is 9.10. The first-order valence-electron chi connectivity index (χ1n) is 6.72. The van der Waals surface area contributed by atoms with Gasteiger partial charge in [0.05, 0.1) is 18.2 Å². The molecule has 106 valence electrons. The third-order valence-corrected chi connectivity index (χ3v) is 3.06. The predicted octanol–water partition coefficient (Wildman–Crippen LogP) is 1.18. The number of nitrogens with two attached hydrogens (primary N) is 1. The number of anilines is 1. The summed E-state index contributed by atoms with van der Waals surface area (Å²) in [5.74, 6) is 1.28. The van der Waals surface area contributed by atoms with E-state index in [0.717, 1.165) is 12.2 Å². The lowest BCUT2D eigenvalue weighted by Gasteiger charge is -2.42. The maximum Gasteiger partial charge on any atom is 0.218 e. The van der Waals surface area contributed by atoms with E-state index in [2.05, 4.69) is 15.3 Å². The molecule has 3 N–H and O–H groups in total. The normalized spacial score (nSPS) is 26.1. The Morgan fingerprint density at radius 3 is 2.89 bits per heavy atom. The minimum absolute atomic E-state index is 0.0879. The standard InChI is InChI=1S/C13H22N4O2/c1-4-18-10-5-9(14)13(10)17-11-6-12(16-7-15-11)19-8(2)3/h6-10,13H,4-5,14H2,1-3H3,(H,15,16,17). The summed E-state index contributed by atoms with van der Waals surface area (Å²) in [4.78, 5) is 8.25. The second kappa shape index (κ2) is 6.16. The molecule has 1 fully saturated rings. The van der Waals surface area contributed by atoms with Crippen LogP contribution in [0.3, 0.4) is 0 Å². The number of nitrogens with one attached hydrogen (secondary N) is 1. The van der Waals surface area contributed by atoms with E-state index in [1.165, 1.54) is 6.33 Å². The van der Waals surface area contributed by atoms with Gasteiger partial charge in [-0.1, -0.05) is 0 Å². The van der Waals surface area contributed by atoms with Crippen LogP contribution in [0.4, 0.5) is 5.82 Å². The number of aromatic nitrogens is 2. The molecule has 6 heteroatoms. The Kier molecular flexibility index (Phi) is 4.55. The van der Waals surface area contributed by atoms with Crippen LogP contribution in [0.15, 0.2) is 12.4 Å². The maximum absolute atomic E-state index is 5.99. The van der Waals surface area contributed by atoms with Crippen molar-refractivity contribution >= 4 is 5.82 Å². The van der Waals surface area contributed by atoms with E-state index in [0.29, 0.717) is 12.5 Å². The molecule has 1 aliphatic rings. The van der Waals surface area contributed by atoms with Crippen molar-refractivity contribution in [2.45, 2.75) is 51.5 Å². The van der Waals surface area contributed by atoms with Gasteiger partial charge in [-0.25, -0.2) is 9.97 Å². The Bertz CT molecular complexity index is 411. The van der Waals surface area contributed by atoms with Gasteiger partial charge in [-0.2, -0.15) is 0 Å². The van der Waals surface area contributed by atoms with Gasteiger partial charge in [-0.3, -0.25) is 0 Å². The molecular weight excluding hydrogens is 244 g/mol.